The second-order valence-corrected chi connectivity index (χ2v) is 3.29. The molecule has 0 unspecified atom stereocenters. The lowest BCUT2D eigenvalue weighted by molar-refractivity contribution is -0.139. The van der Waals surface area contributed by atoms with Gasteiger partial charge in [0, 0.05) is 12.1 Å². The standard InChI is InChI=1S/C10H19NO2/c1-5-8-13-10(12)9(2)6-7-11(3)4/h2,5-8H2,1,3-4H3. The maximum absolute atomic E-state index is 11.2. The van der Waals surface area contributed by atoms with Crippen molar-refractivity contribution in [3.8, 4) is 0 Å². The van der Waals surface area contributed by atoms with Gasteiger partial charge in [0.2, 0.25) is 0 Å². The Hall–Kier alpha value is -0.830. The van der Waals surface area contributed by atoms with Crippen LogP contribution in [0.4, 0.5) is 0 Å². The zero-order chi connectivity index (χ0) is 10.3. The molecule has 13 heavy (non-hydrogen) atoms. The van der Waals surface area contributed by atoms with Crippen LogP contribution in [0, 0.1) is 0 Å². The minimum absolute atomic E-state index is 0.260. The van der Waals surface area contributed by atoms with Gasteiger partial charge >= 0.3 is 5.97 Å². The fraction of sp³-hybridized carbons (Fsp3) is 0.700. The molecule has 0 heterocycles. The highest BCUT2D eigenvalue weighted by Gasteiger charge is 2.07. The van der Waals surface area contributed by atoms with Crippen molar-refractivity contribution in [2.24, 2.45) is 0 Å². The molecule has 0 amide bonds. The maximum Gasteiger partial charge on any atom is 0.333 e. The predicted molar refractivity (Wildman–Crippen MR) is 53.6 cm³/mol. The molecule has 0 bridgehead atoms. The van der Waals surface area contributed by atoms with Crippen LogP contribution < -0.4 is 0 Å². The minimum Gasteiger partial charge on any atom is -0.462 e. The Kier molecular flexibility index (Phi) is 6.24. The van der Waals surface area contributed by atoms with Crippen molar-refractivity contribution in [2.45, 2.75) is 19.8 Å². The van der Waals surface area contributed by atoms with Gasteiger partial charge in [0.05, 0.1) is 6.61 Å². The fourth-order valence-corrected chi connectivity index (χ4v) is 0.757. The summed E-state index contributed by atoms with van der Waals surface area (Å²) in [6, 6.07) is 0. The highest BCUT2D eigenvalue weighted by atomic mass is 16.5. The minimum atomic E-state index is -0.260. The van der Waals surface area contributed by atoms with Crippen molar-refractivity contribution in [1.29, 1.82) is 0 Å². The number of nitrogens with zero attached hydrogens (tertiary/aromatic N) is 1. The molecular weight excluding hydrogens is 166 g/mol. The van der Waals surface area contributed by atoms with E-state index in [9.17, 15) is 4.79 Å². The Bertz CT molecular complexity index is 176. The molecule has 0 saturated heterocycles. The van der Waals surface area contributed by atoms with E-state index in [0.717, 1.165) is 13.0 Å². The van der Waals surface area contributed by atoms with Gasteiger partial charge < -0.3 is 9.64 Å². The molecule has 0 aromatic heterocycles. The van der Waals surface area contributed by atoms with Crippen LogP contribution in [0.15, 0.2) is 12.2 Å². The van der Waals surface area contributed by atoms with Crippen LogP contribution in [0.5, 0.6) is 0 Å². The third-order valence-electron chi connectivity index (χ3n) is 1.59. The molecule has 3 heteroatoms. The van der Waals surface area contributed by atoms with Crippen LogP contribution in [0.2, 0.25) is 0 Å². The Morgan fingerprint density at radius 1 is 1.46 bits per heavy atom. The van der Waals surface area contributed by atoms with Gasteiger partial charge in [0.1, 0.15) is 0 Å². The summed E-state index contributed by atoms with van der Waals surface area (Å²) in [6.07, 6.45) is 1.53. The topological polar surface area (TPSA) is 29.5 Å². The lowest BCUT2D eigenvalue weighted by Gasteiger charge is -2.10. The summed E-state index contributed by atoms with van der Waals surface area (Å²) in [4.78, 5) is 13.2. The number of ether oxygens (including phenoxy) is 1. The molecule has 0 atom stereocenters. The number of rotatable bonds is 6. The molecule has 0 aliphatic heterocycles. The van der Waals surface area contributed by atoms with Crippen molar-refractivity contribution in [2.75, 3.05) is 27.2 Å². The molecule has 3 nitrogen and oxygen atoms in total. The summed E-state index contributed by atoms with van der Waals surface area (Å²) in [6.45, 7) is 6.97. The summed E-state index contributed by atoms with van der Waals surface area (Å²) in [5, 5.41) is 0. The Morgan fingerprint density at radius 2 is 2.08 bits per heavy atom. The van der Waals surface area contributed by atoms with E-state index in [1.54, 1.807) is 0 Å². The Labute approximate surface area is 80.4 Å². The number of hydrogen-bond donors (Lipinski definition) is 0. The molecule has 0 aromatic carbocycles. The van der Waals surface area contributed by atoms with Gasteiger partial charge in [0.15, 0.2) is 0 Å². The number of carbonyl (C=O) groups is 1. The Balaban J connectivity index is 3.64. The van der Waals surface area contributed by atoms with Crippen LogP contribution in [0.25, 0.3) is 0 Å². The predicted octanol–water partition coefficient (Wildman–Crippen LogP) is 1.45. The average molecular weight is 185 g/mol. The van der Waals surface area contributed by atoms with Crippen LogP contribution in [-0.2, 0) is 9.53 Å². The molecule has 0 aliphatic carbocycles. The Morgan fingerprint density at radius 3 is 2.54 bits per heavy atom. The van der Waals surface area contributed by atoms with Crippen LogP contribution in [-0.4, -0.2) is 38.1 Å². The van der Waals surface area contributed by atoms with Crippen molar-refractivity contribution in [3.63, 3.8) is 0 Å². The SMILES string of the molecule is C=C(CCN(C)C)C(=O)OCCC. The summed E-state index contributed by atoms with van der Waals surface area (Å²) in [5.41, 5.74) is 0.558. The zero-order valence-electron chi connectivity index (χ0n) is 8.80. The molecule has 0 spiro atoms. The van der Waals surface area contributed by atoms with E-state index >= 15 is 0 Å². The molecule has 0 N–H and O–H groups in total. The van der Waals surface area contributed by atoms with E-state index < -0.39 is 0 Å². The van der Waals surface area contributed by atoms with E-state index in [1.807, 2.05) is 25.9 Å². The molecule has 0 aromatic rings. The quantitative estimate of drug-likeness (QED) is 0.463. The highest BCUT2D eigenvalue weighted by molar-refractivity contribution is 5.87. The zero-order valence-corrected chi connectivity index (χ0v) is 8.80. The number of carbonyl (C=O) groups excluding carboxylic acids is 1. The van der Waals surface area contributed by atoms with E-state index in [2.05, 4.69) is 6.58 Å². The van der Waals surface area contributed by atoms with E-state index in [-0.39, 0.29) is 5.97 Å². The second kappa shape index (κ2) is 6.66. The highest BCUT2D eigenvalue weighted by Crippen LogP contribution is 2.01. The van der Waals surface area contributed by atoms with Crippen molar-refractivity contribution >= 4 is 5.97 Å². The normalized spacial score (nSPS) is 10.2. The number of esters is 1. The lowest BCUT2D eigenvalue weighted by Crippen LogP contribution is -2.16. The first kappa shape index (κ1) is 12.2. The van der Waals surface area contributed by atoms with E-state index in [0.29, 0.717) is 18.6 Å². The molecule has 76 valence electrons. The molecule has 0 radical (unpaired) electrons. The van der Waals surface area contributed by atoms with Crippen molar-refractivity contribution < 1.29 is 9.53 Å². The van der Waals surface area contributed by atoms with Crippen LogP contribution in [0.3, 0.4) is 0 Å². The monoisotopic (exact) mass is 185 g/mol. The molecule has 0 aliphatic rings. The third kappa shape index (κ3) is 6.34. The average Bonchev–Trinajstić information content (AvgIpc) is 2.10. The molecule has 0 fully saturated rings. The lowest BCUT2D eigenvalue weighted by atomic mass is 10.2. The summed E-state index contributed by atoms with van der Waals surface area (Å²) >= 11 is 0. The first-order valence-electron chi connectivity index (χ1n) is 4.57. The van der Waals surface area contributed by atoms with Gasteiger partial charge in [-0.3, -0.25) is 0 Å². The van der Waals surface area contributed by atoms with Crippen LogP contribution in [0.1, 0.15) is 19.8 Å². The largest absolute Gasteiger partial charge is 0.462 e. The molecular formula is C10H19NO2. The van der Waals surface area contributed by atoms with Gasteiger partial charge in [0.25, 0.3) is 0 Å². The second-order valence-electron chi connectivity index (χ2n) is 3.29. The summed E-state index contributed by atoms with van der Waals surface area (Å²) < 4.78 is 4.93. The van der Waals surface area contributed by atoms with E-state index in [1.165, 1.54) is 0 Å². The van der Waals surface area contributed by atoms with Gasteiger partial charge in [-0.15, -0.1) is 0 Å². The smallest absolute Gasteiger partial charge is 0.333 e. The van der Waals surface area contributed by atoms with Crippen molar-refractivity contribution in [3.05, 3.63) is 12.2 Å². The summed E-state index contributed by atoms with van der Waals surface area (Å²) in [5.74, 6) is -0.260. The van der Waals surface area contributed by atoms with Gasteiger partial charge in [-0.05, 0) is 26.9 Å². The maximum atomic E-state index is 11.2. The third-order valence-corrected chi connectivity index (χ3v) is 1.59. The van der Waals surface area contributed by atoms with Crippen LogP contribution >= 0.6 is 0 Å². The first-order valence-corrected chi connectivity index (χ1v) is 4.57. The molecule has 0 saturated carbocycles. The van der Waals surface area contributed by atoms with Gasteiger partial charge in [-0.25, -0.2) is 4.79 Å². The number of hydrogen-bond acceptors (Lipinski definition) is 3. The van der Waals surface area contributed by atoms with Gasteiger partial charge in [-0.1, -0.05) is 13.5 Å². The molecule has 0 rings (SSSR count). The first-order chi connectivity index (χ1) is 6.07. The van der Waals surface area contributed by atoms with Gasteiger partial charge in [-0.2, -0.15) is 0 Å². The van der Waals surface area contributed by atoms with E-state index in [4.69, 9.17) is 4.74 Å². The summed E-state index contributed by atoms with van der Waals surface area (Å²) in [7, 11) is 3.93. The fourth-order valence-electron chi connectivity index (χ4n) is 0.757. The van der Waals surface area contributed by atoms with Crippen molar-refractivity contribution in [1.82, 2.24) is 4.90 Å².